The summed E-state index contributed by atoms with van der Waals surface area (Å²) >= 11 is 0. The van der Waals surface area contributed by atoms with Crippen LogP contribution in [0.5, 0.6) is 0 Å². The first-order valence-electron chi connectivity index (χ1n) is 4.61. The normalized spacial score (nSPS) is 25.5. The summed E-state index contributed by atoms with van der Waals surface area (Å²) in [6.45, 7) is 3.49. The van der Waals surface area contributed by atoms with E-state index in [1.807, 2.05) is 0 Å². The Morgan fingerprint density at radius 3 is 3.36 bits per heavy atom. The van der Waals surface area contributed by atoms with Gasteiger partial charge >= 0.3 is 0 Å². The summed E-state index contributed by atoms with van der Waals surface area (Å²) in [5.41, 5.74) is 1.58. The van der Waals surface area contributed by atoms with E-state index < -0.39 is 0 Å². The Morgan fingerprint density at radius 2 is 2.36 bits per heavy atom. The van der Waals surface area contributed by atoms with Crippen molar-refractivity contribution in [1.82, 2.24) is 10.2 Å². The van der Waals surface area contributed by atoms with Crippen LogP contribution >= 0.6 is 0 Å². The van der Waals surface area contributed by atoms with Crippen LogP contribution in [-0.4, -0.2) is 24.7 Å². The van der Waals surface area contributed by atoms with Gasteiger partial charge < -0.3 is 4.90 Å². The zero-order valence-corrected chi connectivity index (χ0v) is 6.97. The molecule has 2 heteroatoms. The molecular formula is C9H16N2. The largest absolute Gasteiger partial charge is 0.362 e. The maximum atomic E-state index is 3.42. The molecule has 2 heterocycles. The summed E-state index contributed by atoms with van der Waals surface area (Å²) in [7, 11) is 0. The molecule has 0 atom stereocenters. The molecule has 1 saturated heterocycles. The van der Waals surface area contributed by atoms with Crippen LogP contribution in [-0.2, 0) is 0 Å². The van der Waals surface area contributed by atoms with E-state index in [1.165, 1.54) is 32.2 Å². The average Bonchev–Trinajstić information content (AvgIpc) is 2.28. The Labute approximate surface area is 68.3 Å². The van der Waals surface area contributed by atoms with E-state index in [9.17, 15) is 0 Å². The Kier molecular flexibility index (Phi) is 2.13. The topological polar surface area (TPSA) is 15.3 Å². The molecule has 0 spiro atoms. The number of allylic oxidation sites excluding steroid dienone is 1. The van der Waals surface area contributed by atoms with Gasteiger partial charge in [0, 0.05) is 18.8 Å². The van der Waals surface area contributed by atoms with Crippen molar-refractivity contribution in [2.45, 2.75) is 25.7 Å². The number of hydrogen-bond acceptors (Lipinski definition) is 2. The number of hydrogen-bond donors (Lipinski definition) is 1. The molecule has 0 saturated carbocycles. The SMILES string of the molecule is C1=C2CCCCN2CNCC1. The van der Waals surface area contributed by atoms with Gasteiger partial charge in [0.05, 0.1) is 6.67 Å². The maximum Gasteiger partial charge on any atom is 0.0679 e. The van der Waals surface area contributed by atoms with Crippen LogP contribution in [0.25, 0.3) is 0 Å². The number of rotatable bonds is 0. The second-order valence-electron chi connectivity index (χ2n) is 3.36. The minimum Gasteiger partial charge on any atom is -0.362 e. The number of nitrogens with zero attached hydrogens (tertiary/aromatic N) is 1. The summed E-state index contributed by atoms with van der Waals surface area (Å²) in [5, 5.41) is 3.42. The molecule has 2 rings (SSSR count). The zero-order chi connectivity index (χ0) is 7.52. The lowest BCUT2D eigenvalue weighted by Crippen LogP contribution is -2.34. The number of nitrogens with one attached hydrogen (secondary N) is 1. The van der Waals surface area contributed by atoms with Gasteiger partial charge in [-0.05, 0) is 25.7 Å². The molecule has 11 heavy (non-hydrogen) atoms. The molecule has 62 valence electrons. The van der Waals surface area contributed by atoms with E-state index in [0.717, 1.165) is 13.2 Å². The average molecular weight is 152 g/mol. The second kappa shape index (κ2) is 3.26. The van der Waals surface area contributed by atoms with Gasteiger partial charge in [-0.25, -0.2) is 0 Å². The first kappa shape index (κ1) is 7.17. The zero-order valence-electron chi connectivity index (χ0n) is 6.97. The third-order valence-electron chi connectivity index (χ3n) is 2.52. The molecule has 2 aliphatic heterocycles. The van der Waals surface area contributed by atoms with Crippen molar-refractivity contribution in [2.24, 2.45) is 0 Å². The summed E-state index contributed by atoms with van der Waals surface area (Å²) in [6, 6.07) is 0. The molecule has 1 fully saturated rings. The van der Waals surface area contributed by atoms with E-state index in [-0.39, 0.29) is 0 Å². The molecule has 0 aliphatic carbocycles. The lowest BCUT2D eigenvalue weighted by molar-refractivity contribution is 0.278. The van der Waals surface area contributed by atoms with Gasteiger partial charge in [0.2, 0.25) is 0 Å². The van der Waals surface area contributed by atoms with Gasteiger partial charge in [0.25, 0.3) is 0 Å². The lowest BCUT2D eigenvalue weighted by Gasteiger charge is -2.30. The minimum absolute atomic E-state index is 1.08. The van der Waals surface area contributed by atoms with Crippen molar-refractivity contribution in [3.8, 4) is 0 Å². The lowest BCUT2D eigenvalue weighted by atomic mass is 10.1. The molecule has 1 N–H and O–H groups in total. The number of piperidine rings is 1. The highest BCUT2D eigenvalue weighted by Crippen LogP contribution is 2.20. The van der Waals surface area contributed by atoms with Gasteiger partial charge in [-0.2, -0.15) is 0 Å². The fourth-order valence-electron chi connectivity index (χ4n) is 1.88. The van der Waals surface area contributed by atoms with Crippen molar-refractivity contribution < 1.29 is 0 Å². The Morgan fingerprint density at radius 1 is 1.36 bits per heavy atom. The minimum atomic E-state index is 1.08. The first-order chi connectivity index (χ1) is 5.47. The van der Waals surface area contributed by atoms with Crippen molar-refractivity contribution in [1.29, 1.82) is 0 Å². The molecule has 0 amide bonds. The summed E-state index contributed by atoms with van der Waals surface area (Å²) < 4.78 is 0. The Hall–Kier alpha value is -0.500. The van der Waals surface area contributed by atoms with E-state index in [0.29, 0.717) is 0 Å². The van der Waals surface area contributed by atoms with Crippen molar-refractivity contribution >= 4 is 0 Å². The smallest absolute Gasteiger partial charge is 0.0679 e. The Bertz CT molecular complexity index is 163. The van der Waals surface area contributed by atoms with E-state index in [2.05, 4.69) is 16.3 Å². The third-order valence-corrected chi connectivity index (χ3v) is 2.52. The maximum absolute atomic E-state index is 3.42. The van der Waals surface area contributed by atoms with Crippen LogP contribution in [0.4, 0.5) is 0 Å². The Balaban J connectivity index is 2.06. The van der Waals surface area contributed by atoms with Crippen molar-refractivity contribution in [3.05, 3.63) is 11.8 Å². The molecule has 2 aliphatic rings. The molecule has 2 nitrogen and oxygen atoms in total. The van der Waals surface area contributed by atoms with Crippen LogP contribution in [0.1, 0.15) is 25.7 Å². The molecule has 0 radical (unpaired) electrons. The molecule has 0 aromatic rings. The van der Waals surface area contributed by atoms with E-state index in [1.54, 1.807) is 5.70 Å². The highest BCUT2D eigenvalue weighted by atomic mass is 15.2. The predicted octanol–water partition coefficient (Wildman–Crippen LogP) is 1.31. The fourth-order valence-corrected chi connectivity index (χ4v) is 1.88. The van der Waals surface area contributed by atoms with Crippen LogP contribution in [0.3, 0.4) is 0 Å². The van der Waals surface area contributed by atoms with E-state index >= 15 is 0 Å². The van der Waals surface area contributed by atoms with E-state index in [4.69, 9.17) is 0 Å². The molecule has 0 unspecified atom stereocenters. The monoisotopic (exact) mass is 152 g/mol. The summed E-state index contributed by atoms with van der Waals surface area (Å²) in [6.07, 6.45) is 7.69. The van der Waals surface area contributed by atoms with Gasteiger partial charge in [0.1, 0.15) is 0 Å². The molecule has 0 aromatic heterocycles. The highest BCUT2D eigenvalue weighted by molar-refractivity contribution is 5.05. The standard InChI is InChI=1S/C9H16N2/c1-2-7-11-8-10-6-3-5-9(11)4-1/h5,10H,1-4,6-8H2. The summed E-state index contributed by atoms with van der Waals surface area (Å²) in [5.74, 6) is 0. The predicted molar refractivity (Wildman–Crippen MR) is 46.1 cm³/mol. The quantitative estimate of drug-likeness (QED) is 0.563. The van der Waals surface area contributed by atoms with Crippen LogP contribution < -0.4 is 5.32 Å². The number of fused-ring (bicyclic) bond motifs is 1. The van der Waals surface area contributed by atoms with Gasteiger partial charge in [-0.1, -0.05) is 6.08 Å². The molecule has 0 aromatic carbocycles. The van der Waals surface area contributed by atoms with Gasteiger partial charge in [-0.3, -0.25) is 5.32 Å². The van der Waals surface area contributed by atoms with Crippen molar-refractivity contribution in [3.63, 3.8) is 0 Å². The summed E-state index contributed by atoms with van der Waals surface area (Å²) in [4.78, 5) is 2.48. The van der Waals surface area contributed by atoms with Gasteiger partial charge in [0.15, 0.2) is 0 Å². The fraction of sp³-hybridized carbons (Fsp3) is 0.778. The third kappa shape index (κ3) is 1.56. The second-order valence-corrected chi connectivity index (χ2v) is 3.36. The van der Waals surface area contributed by atoms with Crippen LogP contribution in [0.2, 0.25) is 0 Å². The van der Waals surface area contributed by atoms with Crippen LogP contribution in [0.15, 0.2) is 11.8 Å². The highest BCUT2D eigenvalue weighted by Gasteiger charge is 2.14. The molecule has 0 bridgehead atoms. The molecular weight excluding hydrogens is 136 g/mol. The van der Waals surface area contributed by atoms with Gasteiger partial charge in [-0.15, -0.1) is 0 Å². The van der Waals surface area contributed by atoms with Crippen LogP contribution in [0, 0.1) is 0 Å². The first-order valence-corrected chi connectivity index (χ1v) is 4.61. The van der Waals surface area contributed by atoms with Crippen molar-refractivity contribution in [2.75, 3.05) is 19.8 Å².